The smallest absolute Gasteiger partial charge is 0.313 e. The lowest BCUT2D eigenvalue weighted by Crippen LogP contribution is -2.27. The van der Waals surface area contributed by atoms with Gasteiger partial charge in [0.25, 0.3) is 0 Å². The van der Waals surface area contributed by atoms with E-state index in [1.54, 1.807) is 0 Å². The highest BCUT2D eigenvalue weighted by atomic mass is 32.2. The van der Waals surface area contributed by atoms with E-state index in [2.05, 4.69) is 5.32 Å². The number of nitrogens with one attached hydrogen (secondary N) is 1. The van der Waals surface area contributed by atoms with Crippen molar-refractivity contribution in [3.8, 4) is 0 Å². The van der Waals surface area contributed by atoms with Crippen LogP contribution in [-0.4, -0.2) is 35.0 Å². The molecule has 7 heteroatoms. The van der Waals surface area contributed by atoms with Crippen LogP contribution in [0.3, 0.4) is 0 Å². The van der Waals surface area contributed by atoms with Crippen LogP contribution in [0.15, 0.2) is 18.2 Å². The van der Waals surface area contributed by atoms with Gasteiger partial charge >= 0.3 is 5.97 Å². The molecule has 0 radical (unpaired) electrons. The maximum atomic E-state index is 13.2. The Hall–Kier alpha value is -1.63. The lowest BCUT2D eigenvalue weighted by Gasteiger charge is -2.05. The first kappa shape index (κ1) is 15.4. The van der Waals surface area contributed by atoms with Crippen molar-refractivity contribution >= 4 is 23.6 Å². The third kappa shape index (κ3) is 6.19. The number of hydrogen-bond donors (Lipinski definition) is 2. The minimum absolute atomic E-state index is 0.00399. The molecule has 0 heterocycles. The van der Waals surface area contributed by atoms with Crippen molar-refractivity contribution < 1.29 is 23.5 Å². The molecule has 0 fully saturated rings. The number of rotatable bonds is 7. The lowest BCUT2D eigenvalue weighted by molar-refractivity contribution is -0.133. The summed E-state index contributed by atoms with van der Waals surface area (Å²) in [5.74, 6) is -2.16. The third-order valence-corrected chi connectivity index (χ3v) is 3.10. The Morgan fingerprint density at radius 1 is 1.32 bits per heavy atom. The van der Waals surface area contributed by atoms with Gasteiger partial charge < -0.3 is 10.4 Å². The molecular formula is C12H13F2NO3S. The molecule has 0 atom stereocenters. The van der Waals surface area contributed by atoms with E-state index in [-0.39, 0.29) is 24.3 Å². The second-order valence-corrected chi connectivity index (χ2v) is 4.81. The number of halogens is 2. The minimum atomic E-state index is -0.918. The van der Waals surface area contributed by atoms with Crippen molar-refractivity contribution in [3.05, 3.63) is 35.4 Å². The van der Waals surface area contributed by atoms with Crippen LogP contribution in [0.1, 0.15) is 5.56 Å². The Morgan fingerprint density at radius 2 is 2.05 bits per heavy atom. The molecule has 0 aromatic heterocycles. The first-order valence-corrected chi connectivity index (χ1v) is 6.64. The van der Waals surface area contributed by atoms with E-state index in [4.69, 9.17) is 5.11 Å². The summed E-state index contributed by atoms with van der Waals surface area (Å²) >= 11 is 1.17. The van der Waals surface area contributed by atoms with Crippen molar-refractivity contribution in [3.63, 3.8) is 0 Å². The molecule has 0 aliphatic heterocycles. The van der Waals surface area contributed by atoms with Crippen LogP contribution in [0.5, 0.6) is 0 Å². The molecule has 0 spiro atoms. The van der Waals surface area contributed by atoms with E-state index in [0.29, 0.717) is 5.75 Å². The van der Waals surface area contributed by atoms with E-state index in [1.807, 2.05) is 0 Å². The number of carbonyl (C=O) groups is 2. The van der Waals surface area contributed by atoms with Crippen molar-refractivity contribution in [2.24, 2.45) is 0 Å². The van der Waals surface area contributed by atoms with Gasteiger partial charge in [0.15, 0.2) is 0 Å². The van der Waals surface area contributed by atoms with E-state index >= 15 is 0 Å². The zero-order valence-electron chi connectivity index (χ0n) is 9.99. The molecule has 0 bridgehead atoms. The van der Waals surface area contributed by atoms with E-state index < -0.39 is 23.5 Å². The number of carboxylic acid groups (broad SMARTS) is 1. The highest BCUT2D eigenvalue weighted by Gasteiger charge is 2.09. The Kier molecular flexibility index (Phi) is 6.27. The molecule has 19 heavy (non-hydrogen) atoms. The number of hydrogen-bond acceptors (Lipinski definition) is 3. The molecular weight excluding hydrogens is 276 g/mol. The maximum absolute atomic E-state index is 13.2. The van der Waals surface area contributed by atoms with E-state index in [9.17, 15) is 18.4 Å². The van der Waals surface area contributed by atoms with Gasteiger partial charge in [0.05, 0.1) is 12.2 Å². The van der Waals surface area contributed by atoms with Gasteiger partial charge in [-0.1, -0.05) is 0 Å². The average molecular weight is 289 g/mol. The van der Waals surface area contributed by atoms with Gasteiger partial charge in [0.1, 0.15) is 11.6 Å². The first-order chi connectivity index (χ1) is 8.99. The number of carbonyl (C=O) groups excluding carboxylic acids is 1. The molecule has 1 aromatic rings. The van der Waals surface area contributed by atoms with Crippen LogP contribution in [0.25, 0.3) is 0 Å². The number of thioether (sulfide) groups is 1. The highest BCUT2D eigenvalue weighted by Crippen LogP contribution is 2.10. The minimum Gasteiger partial charge on any atom is -0.481 e. The number of benzene rings is 1. The molecule has 0 saturated heterocycles. The van der Waals surface area contributed by atoms with Crippen LogP contribution in [0.4, 0.5) is 8.78 Å². The van der Waals surface area contributed by atoms with Crippen molar-refractivity contribution in [1.29, 1.82) is 0 Å². The summed E-state index contributed by atoms with van der Waals surface area (Å²) in [4.78, 5) is 21.7. The summed E-state index contributed by atoms with van der Waals surface area (Å²) < 4.78 is 26.1. The van der Waals surface area contributed by atoms with Gasteiger partial charge in [0, 0.05) is 17.9 Å². The monoisotopic (exact) mass is 289 g/mol. The summed E-state index contributed by atoms with van der Waals surface area (Å²) in [6.07, 6.45) is -0.243. The second kappa shape index (κ2) is 7.73. The molecule has 1 amide bonds. The first-order valence-electron chi connectivity index (χ1n) is 5.49. The zero-order chi connectivity index (χ0) is 14.3. The SMILES string of the molecule is O=C(O)CSCCNC(=O)Cc1cc(F)ccc1F. The summed E-state index contributed by atoms with van der Waals surface area (Å²) in [6.45, 7) is 0.285. The second-order valence-electron chi connectivity index (χ2n) is 3.71. The van der Waals surface area contributed by atoms with Gasteiger partial charge in [0.2, 0.25) is 5.91 Å². The Balaban J connectivity index is 2.31. The molecule has 0 aliphatic carbocycles. The normalized spacial score (nSPS) is 10.2. The molecule has 104 valence electrons. The van der Waals surface area contributed by atoms with Crippen LogP contribution >= 0.6 is 11.8 Å². The van der Waals surface area contributed by atoms with Gasteiger partial charge in [-0.3, -0.25) is 9.59 Å². The summed E-state index contributed by atoms with van der Waals surface area (Å²) in [5.41, 5.74) is -0.00399. The standard InChI is InChI=1S/C12H13F2NO3S/c13-9-1-2-10(14)8(5-9)6-11(16)15-3-4-19-7-12(17)18/h1-2,5H,3-4,6-7H2,(H,15,16)(H,17,18). The number of aliphatic carboxylic acids is 1. The van der Waals surface area contributed by atoms with Crippen LogP contribution < -0.4 is 5.32 Å². The fraction of sp³-hybridized carbons (Fsp3) is 0.333. The van der Waals surface area contributed by atoms with Crippen LogP contribution in [-0.2, 0) is 16.0 Å². The van der Waals surface area contributed by atoms with E-state index in [1.165, 1.54) is 11.8 Å². The van der Waals surface area contributed by atoms with E-state index in [0.717, 1.165) is 18.2 Å². The fourth-order valence-electron chi connectivity index (χ4n) is 1.34. The van der Waals surface area contributed by atoms with Gasteiger partial charge in [-0.05, 0) is 18.2 Å². The number of carboxylic acids is 1. The van der Waals surface area contributed by atoms with Crippen molar-refractivity contribution in [2.75, 3.05) is 18.1 Å². The van der Waals surface area contributed by atoms with Crippen LogP contribution in [0.2, 0.25) is 0 Å². The van der Waals surface area contributed by atoms with Gasteiger partial charge in [-0.25, -0.2) is 8.78 Å². The lowest BCUT2D eigenvalue weighted by atomic mass is 10.1. The molecule has 0 unspecified atom stereocenters. The Labute approximate surface area is 113 Å². The highest BCUT2D eigenvalue weighted by molar-refractivity contribution is 7.99. The quantitative estimate of drug-likeness (QED) is 0.745. The number of amides is 1. The predicted octanol–water partition coefficient (Wildman–Crippen LogP) is 1.44. The van der Waals surface area contributed by atoms with Crippen molar-refractivity contribution in [1.82, 2.24) is 5.32 Å². The van der Waals surface area contributed by atoms with Gasteiger partial charge in [-0.15, -0.1) is 11.8 Å². The molecule has 0 aliphatic rings. The molecule has 2 N–H and O–H groups in total. The summed E-state index contributed by atoms with van der Waals surface area (Å²) in [5, 5.41) is 10.9. The fourth-order valence-corrected chi connectivity index (χ4v) is 1.90. The Bertz CT molecular complexity index is 468. The zero-order valence-corrected chi connectivity index (χ0v) is 10.8. The largest absolute Gasteiger partial charge is 0.481 e. The van der Waals surface area contributed by atoms with Crippen molar-refractivity contribution in [2.45, 2.75) is 6.42 Å². The predicted molar refractivity (Wildman–Crippen MR) is 68.0 cm³/mol. The average Bonchev–Trinajstić information content (AvgIpc) is 2.33. The Morgan fingerprint density at radius 3 is 2.74 bits per heavy atom. The maximum Gasteiger partial charge on any atom is 0.313 e. The van der Waals surface area contributed by atoms with Gasteiger partial charge in [-0.2, -0.15) is 0 Å². The topological polar surface area (TPSA) is 66.4 Å². The molecule has 0 saturated carbocycles. The summed E-state index contributed by atoms with van der Waals surface area (Å²) in [7, 11) is 0. The third-order valence-electron chi connectivity index (χ3n) is 2.15. The summed E-state index contributed by atoms with van der Waals surface area (Å²) in [6, 6.07) is 2.94. The van der Waals surface area contributed by atoms with Crippen LogP contribution in [0, 0.1) is 11.6 Å². The molecule has 1 aromatic carbocycles. The molecule has 4 nitrogen and oxygen atoms in total. The molecule has 1 rings (SSSR count).